The van der Waals surface area contributed by atoms with Gasteiger partial charge in [-0.1, -0.05) is 61.5 Å². The molecule has 2 aromatic carbocycles. The van der Waals surface area contributed by atoms with E-state index >= 15 is 0 Å². The summed E-state index contributed by atoms with van der Waals surface area (Å²) in [5, 5.41) is 2.69. The van der Waals surface area contributed by atoms with Gasteiger partial charge in [-0.2, -0.15) is 0 Å². The largest absolute Gasteiger partial charge is 0.454 e. The number of ether oxygens (including phenoxy) is 1. The molecule has 3 amide bonds. The van der Waals surface area contributed by atoms with E-state index < -0.39 is 36.4 Å². The maximum atomic E-state index is 13.1. The van der Waals surface area contributed by atoms with Gasteiger partial charge in [0.15, 0.2) is 6.61 Å². The van der Waals surface area contributed by atoms with Crippen LogP contribution in [0.4, 0.5) is 5.69 Å². The molecule has 1 aliphatic heterocycles. The van der Waals surface area contributed by atoms with Crippen molar-refractivity contribution in [1.29, 1.82) is 0 Å². The van der Waals surface area contributed by atoms with Crippen LogP contribution in [0.5, 0.6) is 0 Å². The standard InChI is InChI=1S/C27H28N2O5/c1-2-18-12-14-20(15-13-18)28-24(30)17-34-27(33)23(16-19-8-4-3-5-9-19)29-25(31)21-10-6-7-11-22(21)26(29)32/h3-9,12-15,21-23H,2,10-11,16-17H2,1H3,(H,28,30)/t21-,22+,23-/m1/s1. The Morgan fingerprint density at radius 1 is 0.941 bits per heavy atom. The van der Waals surface area contributed by atoms with E-state index in [0.717, 1.165) is 22.4 Å². The van der Waals surface area contributed by atoms with Crippen molar-refractivity contribution in [2.24, 2.45) is 11.8 Å². The number of rotatable bonds is 8. The highest BCUT2D eigenvalue weighted by molar-refractivity contribution is 6.08. The summed E-state index contributed by atoms with van der Waals surface area (Å²) >= 11 is 0. The summed E-state index contributed by atoms with van der Waals surface area (Å²) in [5.41, 5.74) is 2.53. The molecular formula is C27H28N2O5. The van der Waals surface area contributed by atoms with Crippen molar-refractivity contribution in [2.45, 2.75) is 38.6 Å². The first-order chi connectivity index (χ1) is 16.5. The number of hydrogen-bond donors (Lipinski definition) is 1. The number of allylic oxidation sites excluding steroid dienone is 2. The van der Waals surface area contributed by atoms with Gasteiger partial charge in [0.25, 0.3) is 5.91 Å². The lowest BCUT2D eigenvalue weighted by atomic mass is 9.85. The molecule has 0 radical (unpaired) electrons. The number of amides is 3. The number of fused-ring (bicyclic) bond motifs is 1. The van der Waals surface area contributed by atoms with Crippen LogP contribution in [0.15, 0.2) is 66.7 Å². The van der Waals surface area contributed by atoms with Gasteiger partial charge in [-0.3, -0.25) is 19.3 Å². The third-order valence-corrected chi connectivity index (χ3v) is 6.39. The SMILES string of the molecule is CCc1ccc(NC(=O)COC(=O)[C@@H](Cc2ccccc2)N2C(=O)[C@H]3CC=CC[C@H]3C2=O)cc1. The van der Waals surface area contributed by atoms with Gasteiger partial charge < -0.3 is 10.1 Å². The molecule has 1 saturated heterocycles. The molecule has 4 rings (SSSR count). The molecule has 7 nitrogen and oxygen atoms in total. The van der Waals surface area contributed by atoms with Crippen molar-refractivity contribution in [3.05, 3.63) is 77.9 Å². The summed E-state index contributed by atoms with van der Waals surface area (Å²) in [6.07, 6.45) is 5.79. The van der Waals surface area contributed by atoms with Crippen LogP contribution in [0.3, 0.4) is 0 Å². The fourth-order valence-electron chi connectivity index (χ4n) is 4.50. The fraction of sp³-hybridized carbons (Fsp3) is 0.333. The third-order valence-electron chi connectivity index (χ3n) is 6.39. The minimum Gasteiger partial charge on any atom is -0.454 e. The van der Waals surface area contributed by atoms with Crippen LogP contribution in [0.25, 0.3) is 0 Å². The number of imide groups is 1. The van der Waals surface area contributed by atoms with Gasteiger partial charge in [0.05, 0.1) is 11.8 Å². The van der Waals surface area contributed by atoms with E-state index in [1.807, 2.05) is 61.5 Å². The summed E-state index contributed by atoms with van der Waals surface area (Å²) in [5.74, 6) is -2.85. The number of hydrogen-bond acceptors (Lipinski definition) is 5. The highest BCUT2D eigenvalue weighted by Crippen LogP contribution is 2.36. The van der Waals surface area contributed by atoms with E-state index in [2.05, 4.69) is 5.32 Å². The van der Waals surface area contributed by atoms with Gasteiger partial charge in [0.1, 0.15) is 6.04 Å². The molecular weight excluding hydrogens is 432 g/mol. The van der Waals surface area contributed by atoms with E-state index in [9.17, 15) is 19.2 Å². The number of esters is 1. The van der Waals surface area contributed by atoms with Crippen molar-refractivity contribution < 1.29 is 23.9 Å². The van der Waals surface area contributed by atoms with Gasteiger partial charge in [-0.25, -0.2) is 4.79 Å². The molecule has 3 atom stereocenters. The molecule has 0 spiro atoms. The predicted molar refractivity (Wildman–Crippen MR) is 127 cm³/mol. The molecule has 176 valence electrons. The maximum absolute atomic E-state index is 13.1. The van der Waals surface area contributed by atoms with Crippen molar-refractivity contribution in [2.75, 3.05) is 11.9 Å². The third kappa shape index (κ3) is 5.09. The van der Waals surface area contributed by atoms with E-state index in [4.69, 9.17) is 4.74 Å². The molecule has 1 heterocycles. The molecule has 2 aliphatic rings. The minimum atomic E-state index is -1.12. The van der Waals surface area contributed by atoms with Crippen LogP contribution in [0.2, 0.25) is 0 Å². The molecule has 0 aromatic heterocycles. The fourth-order valence-corrected chi connectivity index (χ4v) is 4.50. The molecule has 1 N–H and O–H groups in total. The molecule has 0 bridgehead atoms. The van der Waals surface area contributed by atoms with E-state index in [-0.39, 0.29) is 18.2 Å². The number of aryl methyl sites for hydroxylation is 1. The van der Waals surface area contributed by atoms with Crippen LogP contribution in [0, 0.1) is 11.8 Å². The van der Waals surface area contributed by atoms with Crippen LogP contribution in [-0.4, -0.2) is 41.2 Å². The van der Waals surface area contributed by atoms with Gasteiger partial charge in [-0.05, 0) is 42.5 Å². The lowest BCUT2D eigenvalue weighted by Gasteiger charge is -2.25. The van der Waals surface area contributed by atoms with Crippen LogP contribution in [-0.2, 0) is 36.8 Å². The number of carbonyl (C=O) groups excluding carboxylic acids is 4. The van der Waals surface area contributed by atoms with Crippen molar-refractivity contribution in [3.63, 3.8) is 0 Å². The molecule has 2 aromatic rings. The second kappa shape index (κ2) is 10.5. The zero-order chi connectivity index (χ0) is 24.1. The Morgan fingerprint density at radius 3 is 2.15 bits per heavy atom. The lowest BCUT2D eigenvalue weighted by Crippen LogP contribution is -2.48. The Morgan fingerprint density at radius 2 is 1.56 bits per heavy atom. The van der Waals surface area contributed by atoms with E-state index in [1.165, 1.54) is 0 Å². The molecule has 34 heavy (non-hydrogen) atoms. The smallest absolute Gasteiger partial charge is 0.330 e. The number of carbonyl (C=O) groups is 4. The molecule has 0 unspecified atom stereocenters. The highest BCUT2D eigenvalue weighted by atomic mass is 16.5. The first-order valence-electron chi connectivity index (χ1n) is 11.6. The summed E-state index contributed by atoms with van der Waals surface area (Å²) in [4.78, 5) is 52.7. The average molecular weight is 461 g/mol. The Bertz CT molecular complexity index is 1070. The summed E-state index contributed by atoms with van der Waals surface area (Å²) in [6.45, 7) is 1.53. The van der Waals surface area contributed by atoms with E-state index in [0.29, 0.717) is 18.5 Å². The number of likely N-dealkylation sites (tertiary alicyclic amines) is 1. The van der Waals surface area contributed by atoms with Crippen LogP contribution < -0.4 is 5.32 Å². The first-order valence-corrected chi connectivity index (χ1v) is 11.6. The zero-order valence-electron chi connectivity index (χ0n) is 19.1. The quantitative estimate of drug-likeness (QED) is 0.371. The van der Waals surface area contributed by atoms with Gasteiger partial charge in [0.2, 0.25) is 11.8 Å². The molecule has 1 aliphatic carbocycles. The molecule has 7 heteroatoms. The lowest BCUT2D eigenvalue weighted by molar-refractivity contribution is -0.159. The Hall–Kier alpha value is -3.74. The van der Waals surface area contributed by atoms with Gasteiger partial charge in [-0.15, -0.1) is 0 Å². The molecule has 0 saturated carbocycles. The Balaban J connectivity index is 1.46. The predicted octanol–water partition coefficient (Wildman–Crippen LogP) is 3.29. The van der Waals surface area contributed by atoms with Gasteiger partial charge >= 0.3 is 5.97 Å². The van der Waals surface area contributed by atoms with Crippen LogP contribution in [0.1, 0.15) is 30.9 Å². The van der Waals surface area contributed by atoms with Crippen molar-refractivity contribution in [3.8, 4) is 0 Å². The summed E-state index contributed by atoms with van der Waals surface area (Å²) < 4.78 is 5.31. The van der Waals surface area contributed by atoms with Gasteiger partial charge in [0, 0.05) is 12.1 Å². The summed E-state index contributed by atoms with van der Waals surface area (Å²) in [6, 6.07) is 15.4. The second-order valence-corrected chi connectivity index (χ2v) is 8.61. The normalized spacial score (nSPS) is 20.1. The monoisotopic (exact) mass is 460 g/mol. The number of anilines is 1. The van der Waals surface area contributed by atoms with Crippen LogP contribution >= 0.6 is 0 Å². The molecule has 1 fully saturated rings. The van der Waals surface area contributed by atoms with Crippen molar-refractivity contribution in [1.82, 2.24) is 4.90 Å². The van der Waals surface area contributed by atoms with E-state index in [1.54, 1.807) is 12.1 Å². The van der Waals surface area contributed by atoms with Crippen molar-refractivity contribution >= 4 is 29.4 Å². The zero-order valence-corrected chi connectivity index (χ0v) is 19.1. The second-order valence-electron chi connectivity index (χ2n) is 8.61. The number of nitrogens with zero attached hydrogens (tertiary/aromatic N) is 1. The topological polar surface area (TPSA) is 92.8 Å². The maximum Gasteiger partial charge on any atom is 0.330 e. The average Bonchev–Trinajstić information content (AvgIpc) is 3.12. The summed E-state index contributed by atoms with van der Waals surface area (Å²) in [7, 11) is 0. The minimum absolute atomic E-state index is 0.129. The highest BCUT2D eigenvalue weighted by Gasteiger charge is 2.51. The number of nitrogens with one attached hydrogen (secondary N) is 1. The number of benzene rings is 2. The Kier molecular flexibility index (Phi) is 7.21. The Labute approximate surface area is 198 Å². The first kappa shape index (κ1) is 23.4.